The molecular formula is C12H13N3O. The maximum atomic E-state index is 11.8. The summed E-state index contributed by atoms with van der Waals surface area (Å²) in [4.78, 5) is 19.8. The standard InChI is InChI=1S/C12H11N3O.H2/c1-9-3-2-4-11(14-9)12(16)15-10-5-7-13-8-6-10;/h2-8H,1H3,(H,13,15,16);1H. The summed E-state index contributed by atoms with van der Waals surface area (Å²) in [5.41, 5.74) is 1.95. The van der Waals surface area contributed by atoms with Crippen molar-refractivity contribution in [3.63, 3.8) is 0 Å². The topological polar surface area (TPSA) is 54.9 Å². The molecular weight excluding hydrogens is 202 g/mol. The molecule has 0 fully saturated rings. The molecule has 1 amide bonds. The number of amides is 1. The highest BCUT2D eigenvalue weighted by Crippen LogP contribution is 2.06. The second kappa shape index (κ2) is 4.53. The highest BCUT2D eigenvalue weighted by molar-refractivity contribution is 6.02. The molecule has 0 atom stereocenters. The number of aromatic nitrogens is 2. The van der Waals surface area contributed by atoms with E-state index in [4.69, 9.17) is 0 Å². The third kappa shape index (κ3) is 2.42. The van der Waals surface area contributed by atoms with Crippen molar-refractivity contribution in [2.75, 3.05) is 5.32 Å². The molecule has 0 bridgehead atoms. The summed E-state index contributed by atoms with van der Waals surface area (Å²) in [5, 5.41) is 2.74. The molecule has 0 aromatic carbocycles. The van der Waals surface area contributed by atoms with Gasteiger partial charge in [0.2, 0.25) is 0 Å². The van der Waals surface area contributed by atoms with E-state index in [0.29, 0.717) is 11.4 Å². The van der Waals surface area contributed by atoms with Gasteiger partial charge in [0.1, 0.15) is 5.69 Å². The summed E-state index contributed by atoms with van der Waals surface area (Å²) in [5.74, 6) is -0.213. The minimum atomic E-state index is -0.213. The Hall–Kier alpha value is -2.23. The molecule has 16 heavy (non-hydrogen) atoms. The summed E-state index contributed by atoms with van der Waals surface area (Å²) in [6, 6.07) is 8.80. The molecule has 4 heteroatoms. The third-order valence-corrected chi connectivity index (χ3v) is 2.06. The Morgan fingerprint density at radius 3 is 2.69 bits per heavy atom. The first-order valence-corrected chi connectivity index (χ1v) is 4.91. The molecule has 0 saturated carbocycles. The minimum Gasteiger partial charge on any atom is -0.321 e. The molecule has 2 aromatic heterocycles. The van der Waals surface area contributed by atoms with Crippen molar-refractivity contribution in [3.05, 3.63) is 54.1 Å². The average Bonchev–Trinajstić information content (AvgIpc) is 2.30. The van der Waals surface area contributed by atoms with Crippen LogP contribution in [0.4, 0.5) is 5.69 Å². The lowest BCUT2D eigenvalue weighted by atomic mass is 10.3. The maximum Gasteiger partial charge on any atom is 0.274 e. The number of carbonyl (C=O) groups is 1. The zero-order valence-electron chi connectivity index (χ0n) is 8.84. The molecule has 2 aromatic rings. The van der Waals surface area contributed by atoms with Crippen LogP contribution in [0.5, 0.6) is 0 Å². The lowest BCUT2D eigenvalue weighted by Crippen LogP contribution is -2.13. The van der Waals surface area contributed by atoms with E-state index in [-0.39, 0.29) is 7.33 Å². The van der Waals surface area contributed by atoms with E-state index >= 15 is 0 Å². The van der Waals surface area contributed by atoms with Crippen LogP contribution < -0.4 is 5.32 Å². The Balaban J connectivity index is 0.00000144. The van der Waals surface area contributed by atoms with Gasteiger partial charge in [-0.2, -0.15) is 0 Å². The van der Waals surface area contributed by atoms with Gasteiger partial charge in [-0.25, -0.2) is 4.98 Å². The first-order chi connectivity index (χ1) is 7.75. The molecule has 0 aliphatic heterocycles. The first kappa shape index (κ1) is 10.3. The second-order valence-corrected chi connectivity index (χ2v) is 3.35. The monoisotopic (exact) mass is 215 g/mol. The van der Waals surface area contributed by atoms with Gasteiger partial charge in [-0.15, -0.1) is 0 Å². The van der Waals surface area contributed by atoms with Gasteiger partial charge < -0.3 is 5.32 Å². The lowest BCUT2D eigenvalue weighted by molar-refractivity contribution is 0.102. The minimum absolute atomic E-state index is 0. The molecule has 2 heterocycles. The van der Waals surface area contributed by atoms with E-state index in [1.54, 1.807) is 30.6 Å². The van der Waals surface area contributed by atoms with Gasteiger partial charge in [0.05, 0.1) is 0 Å². The number of pyridine rings is 2. The van der Waals surface area contributed by atoms with Gasteiger partial charge in [-0.3, -0.25) is 9.78 Å². The van der Waals surface area contributed by atoms with Crippen molar-refractivity contribution in [1.29, 1.82) is 0 Å². The Morgan fingerprint density at radius 2 is 2.00 bits per heavy atom. The van der Waals surface area contributed by atoms with Crippen LogP contribution >= 0.6 is 0 Å². The van der Waals surface area contributed by atoms with Gasteiger partial charge >= 0.3 is 0 Å². The van der Waals surface area contributed by atoms with Gasteiger partial charge in [0.15, 0.2) is 0 Å². The van der Waals surface area contributed by atoms with Crippen molar-refractivity contribution < 1.29 is 6.22 Å². The van der Waals surface area contributed by atoms with Gasteiger partial charge in [0.25, 0.3) is 5.91 Å². The zero-order chi connectivity index (χ0) is 11.4. The van der Waals surface area contributed by atoms with Crippen molar-refractivity contribution in [2.45, 2.75) is 6.92 Å². The predicted octanol–water partition coefficient (Wildman–Crippen LogP) is 2.28. The molecule has 4 nitrogen and oxygen atoms in total. The van der Waals surface area contributed by atoms with Crippen LogP contribution in [0.15, 0.2) is 42.7 Å². The quantitative estimate of drug-likeness (QED) is 0.836. The number of hydrogen-bond acceptors (Lipinski definition) is 3. The van der Waals surface area contributed by atoms with E-state index in [9.17, 15) is 4.79 Å². The van der Waals surface area contributed by atoms with E-state index in [2.05, 4.69) is 15.3 Å². The molecule has 0 radical (unpaired) electrons. The summed E-state index contributed by atoms with van der Waals surface area (Å²) >= 11 is 0. The predicted molar refractivity (Wildman–Crippen MR) is 63.3 cm³/mol. The molecule has 82 valence electrons. The average molecular weight is 215 g/mol. The number of anilines is 1. The van der Waals surface area contributed by atoms with Crippen LogP contribution in [0.3, 0.4) is 0 Å². The highest BCUT2D eigenvalue weighted by Gasteiger charge is 2.06. The van der Waals surface area contributed by atoms with Crippen LogP contribution in [-0.2, 0) is 0 Å². The van der Waals surface area contributed by atoms with Crippen molar-refractivity contribution in [2.24, 2.45) is 0 Å². The zero-order valence-corrected chi connectivity index (χ0v) is 8.84. The fraction of sp³-hybridized carbons (Fsp3) is 0.0833. The fourth-order valence-corrected chi connectivity index (χ4v) is 1.30. The van der Waals surface area contributed by atoms with Crippen LogP contribution in [0.1, 0.15) is 17.6 Å². The SMILES string of the molecule is Cc1cccc(C(=O)Nc2ccncc2)n1.[HH]. The molecule has 0 aliphatic rings. The molecule has 0 saturated heterocycles. The Bertz CT molecular complexity index is 502. The maximum absolute atomic E-state index is 11.8. The van der Waals surface area contributed by atoms with Gasteiger partial charge in [0, 0.05) is 25.2 Å². The third-order valence-electron chi connectivity index (χ3n) is 2.06. The van der Waals surface area contributed by atoms with Crippen LogP contribution in [-0.4, -0.2) is 15.9 Å². The van der Waals surface area contributed by atoms with Gasteiger partial charge in [-0.05, 0) is 31.2 Å². The Morgan fingerprint density at radius 1 is 1.25 bits per heavy atom. The molecule has 0 unspecified atom stereocenters. The second-order valence-electron chi connectivity index (χ2n) is 3.35. The molecule has 0 spiro atoms. The first-order valence-electron chi connectivity index (χ1n) is 4.91. The van der Waals surface area contributed by atoms with E-state index in [1.165, 1.54) is 0 Å². The smallest absolute Gasteiger partial charge is 0.274 e. The number of rotatable bonds is 2. The van der Waals surface area contributed by atoms with Crippen LogP contribution in [0.25, 0.3) is 0 Å². The van der Waals surface area contributed by atoms with Gasteiger partial charge in [-0.1, -0.05) is 6.07 Å². The number of aryl methyl sites for hydroxylation is 1. The number of nitrogens with one attached hydrogen (secondary N) is 1. The van der Waals surface area contributed by atoms with Crippen molar-refractivity contribution >= 4 is 11.6 Å². The van der Waals surface area contributed by atoms with E-state index in [0.717, 1.165) is 5.69 Å². The summed E-state index contributed by atoms with van der Waals surface area (Å²) < 4.78 is 0. The van der Waals surface area contributed by atoms with Crippen LogP contribution in [0.2, 0.25) is 0 Å². The number of nitrogens with zero attached hydrogens (tertiary/aromatic N) is 2. The van der Waals surface area contributed by atoms with E-state index < -0.39 is 0 Å². The summed E-state index contributed by atoms with van der Waals surface area (Å²) in [6.45, 7) is 1.85. The number of hydrogen-bond donors (Lipinski definition) is 1. The molecule has 2 rings (SSSR count). The van der Waals surface area contributed by atoms with Crippen molar-refractivity contribution in [1.82, 2.24) is 9.97 Å². The van der Waals surface area contributed by atoms with E-state index in [1.807, 2.05) is 19.1 Å². The highest BCUT2D eigenvalue weighted by atomic mass is 16.1. The Labute approximate surface area is 94.9 Å². The normalized spacial score (nSPS) is 9.81. The van der Waals surface area contributed by atoms with Crippen molar-refractivity contribution in [3.8, 4) is 0 Å². The molecule has 0 aliphatic carbocycles. The number of carbonyl (C=O) groups excluding carboxylic acids is 1. The summed E-state index contributed by atoms with van der Waals surface area (Å²) in [6.07, 6.45) is 3.25. The summed E-state index contributed by atoms with van der Waals surface area (Å²) in [7, 11) is 0. The lowest BCUT2D eigenvalue weighted by Gasteiger charge is -2.04. The van der Waals surface area contributed by atoms with Crippen LogP contribution in [0, 0.1) is 6.92 Å². The fourth-order valence-electron chi connectivity index (χ4n) is 1.30. The molecule has 1 N–H and O–H groups in total. The largest absolute Gasteiger partial charge is 0.321 e. The Kier molecular flexibility index (Phi) is 2.91.